The lowest BCUT2D eigenvalue weighted by Crippen LogP contribution is -2.41. The summed E-state index contributed by atoms with van der Waals surface area (Å²) in [5, 5.41) is 19.7. The number of rotatable bonds is 8. The molecular formula is C32H29F5O7. The normalized spacial score (nSPS) is 20.5. The first-order valence-corrected chi connectivity index (χ1v) is 14.2. The van der Waals surface area contributed by atoms with Gasteiger partial charge < -0.3 is 29.2 Å². The maximum Gasteiger partial charge on any atom is 0.417 e. The summed E-state index contributed by atoms with van der Waals surface area (Å²) in [6.07, 6.45) is -4.62. The van der Waals surface area contributed by atoms with Crippen LogP contribution in [0.5, 0.6) is 17.2 Å². The summed E-state index contributed by atoms with van der Waals surface area (Å²) >= 11 is 0. The average molecular weight is 621 g/mol. The summed E-state index contributed by atoms with van der Waals surface area (Å²) < 4.78 is 95.3. The Morgan fingerprint density at radius 1 is 1.02 bits per heavy atom. The number of carboxylic acids is 1. The van der Waals surface area contributed by atoms with Gasteiger partial charge in [0.15, 0.2) is 17.4 Å². The number of hydrogen-bond donors (Lipinski definition) is 2. The number of aliphatic carboxylic acids is 1. The lowest BCUT2D eigenvalue weighted by molar-refractivity contribution is -0.138. The molecule has 0 bridgehead atoms. The van der Waals surface area contributed by atoms with Crippen LogP contribution in [-0.4, -0.2) is 48.2 Å². The number of fused-ring (bicyclic) bond motifs is 2. The molecule has 0 amide bonds. The average Bonchev–Trinajstić information content (AvgIpc) is 3.55. The number of carboxylic acid groups (broad SMARTS) is 1. The molecule has 12 heteroatoms. The molecule has 2 aliphatic heterocycles. The fourth-order valence-electron chi connectivity index (χ4n) is 6.17. The second-order valence-corrected chi connectivity index (χ2v) is 11.4. The predicted molar refractivity (Wildman–Crippen MR) is 146 cm³/mol. The molecule has 234 valence electrons. The quantitative estimate of drug-likeness (QED) is 0.275. The van der Waals surface area contributed by atoms with Gasteiger partial charge in [-0.1, -0.05) is 12.1 Å². The van der Waals surface area contributed by atoms with Crippen molar-refractivity contribution < 1.29 is 55.9 Å². The van der Waals surface area contributed by atoms with Crippen LogP contribution in [-0.2, 0) is 22.1 Å². The molecule has 0 aromatic heterocycles. The van der Waals surface area contributed by atoms with Crippen LogP contribution in [0.25, 0.3) is 11.1 Å². The van der Waals surface area contributed by atoms with Crippen LogP contribution < -0.4 is 14.2 Å². The van der Waals surface area contributed by atoms with E-state index in [2.05, 4.69) is 0 Å². The number of benzene rings is 3. The molecular weight excluding hydrogens is 591 g/mol. The molecule has 0 spiro atoms. The largest absolute Gasteiger partial charge is 0.492 e. The van der Waals surface area contributed by atoms with Gasteiger partial charge in [0.25, 0.3) is 0 Å². The van der Waals surface area contributed by atoms with Crippen molar-refractivity contribution in [2.24, 2.45) is 0 Å². The first kappa shape index (κ1) is 30.1. The van der Waals surface area contributed by atoms with Crippen LogP contribution in [0.4, 0.5) is 22.0 Å². The molecule has 2 N–H and O–H groups in total. The fraction of sp³-hybridized carbons (Fsp3) is 0.406. The third-order valence-electron chi connectivity index (χ3n) is 8.42. The molecule has 2 heterocycles. The van der Waals surface area contributed by atoms with E-state index in [9.17, 15) is 23.1 Å². The zero-order chi connectivity index (χ0) is 31.2. The van der Waals surface area contributed by atoms with Gasteiger partial charge in [0.05, 0.1) is 18.6 Å². The Bertz CT molecular complexity index is 1560. The SMILES string of the molecule is O=C(O)C[C@@H]1COc2cc(OC3CCc4c3ccc(C(F)(F)F)c4-c3cc(F)c(OCC4(O)CCOCC4)c(F)c3)ccc21. The van der Waals surface area contributed by atoms with Crippen LogP contribution in [0.15, 0.2) is 42.5 Å². The molecule has 0 radical (unpaired) electrons. The summed E-state index contributed by atoms with van der Waals surface area (Å²) in [6, 6.07) is 8.85. The maximum atomic E-state index is 15.2. The Kier molecular flexibility index (Phi) is 7.91. The van der Waals surface area contributed by atoms with Gasteiger partial charge in [0.1, 0.15) is 29.8 Å². The van der Waals surface area contributed by atoms with Crippen molar-refractivity contribution >= 4 is 5.97 Å². The molecule has 2 atom stereocenters. The second kappa shape index (κ2) is 11.6. The van der Waals surface area contributed by atoms with E-state index in [4.69, 9.17) is 24.1 Å². The number of carbonyl (C=O) groups is 1. The predicted octanol–water partition coefficient (Wildman–Crippen LogP) is 6.59. The standard InChI is InChI=1S/C32H29F5O7/c33-24-11-17(12-25(34)30(24)43-16-31(40)7-9-41-10-8-31)29-22-4-6-26(21(22)3-5-23(29)32(35,36)37)44-19-1-2-20-18(13-28(38)39)15-42-27(20)14-19/h1-3,5,11-12,14,18,26,40H,4,6-10,13,15-16H2,(H,38,39)/t18-,26?/m1/s1. The zero-order valence-electron chi connectivity index (χ0n) is 23.4. The van der Waals surface area contributed by atoms with Crippen molar-refractivity contribution in [2.75, 3.05) is 26.4 Å². The van der Waals surface area contributed by atoms with E-state index in [-0.39, 0.29) is 68.1 Å². The molecule has 3 aliphatic rings. The van der Waals surface area contributed by atoms with Gasteiger partial charge in [-0.15, -0.1) is 0 Å². The molecule has 1 unspecified atom stereocenters. The minimum Gasteiger partial charge on any atom is -0.492 e. The van der Waals surface area contributed by atoms with E-state index >= 15 is 8.78 Å². The van der Waals surface area contributed by atoms with Gasteiger partial charge in [0, 0.05) is 43.6 Å². The summed E-state index contributed by atoms with van der Waals surface area (Å²) in [7, 11) is 0. The molecule has 1 saturated heterocycles. The first-order valence-electron chi connectivity index (χ1n) is 14.2. The third kappa shape index (κ3) is 5.92. The van der Waals surface area contributed by atoms with Crippen molar-refractivity contribution in [3.8, 4) is 28.4 Å². The zero-order valence-corrected chi connectivity index (χ0v) is 23.4. The van der Waals surface area contributed by atoms with Crippen LogP contribution >= 0.6 is 0 Å². The lowest BCUT2D eigenvalue weighted by Gasteiger charge is -2.31. The van der Waals surface area contributed by atoms with Crippen molar-refractivity contribution in [3.63, 3.8) is 0 Å². The van der Waals surface area contributed by atoms with Gasteiger partial charge >= 0.3 is 12.1 Å². The third-order valence-corrected chi connectivity index (χ3v) is 8.42. The summed E-state index contributed by atoms with van der Waals surface area (Å²) in [6.45, 7) is 0.349. The summed E-state index contributed by atoms with van der Waals surface area (Å²) in [4.78, 5) is 11.1. The van der Waals surface area contributed by atoms with Crippen molar-refractivity contribution in [2.45, 2.75) is 55.9 Å². The first-order chi connectivity index (χ1) is 20.9. The molecule has 1 fully saturated rings. The number of ether oxygens (including phenoxy) is 4. The number of halogens is 5. The lowest BCUT2D eigenvalue weighted by atomic mass is 9.91. The summed E-state index contributed by atoms with van der Waals surface area (Å²) in [5.74, 6) is -3.52. The highest BCUT2D eigenvalue weighted by Crippen LogP contribution is 2.48. The Balaban J connectivity index is 1.29. The van der Waals surface area contributed by atoms with Gasteiger partial charge in [0.2, 0.25) is 0 Å². The van der Waals surface area contributed by atoms with Crippen LogP contribution in [0, 0.1) is 11.6 Å². The van der Waals surface area contributed by atoms with Crippen molar-refractivity contribution in [3.05, 3.63) is 76.4 Å². The van der Waals surface area contributed by atoms with E-state index < -0.39 is 53.4 Å². The fourth-order valence-corrected chi connectivity index (χ4v) is 6.17. The van der Waals surface area contributed by atoms with Gasteiger partial charge in [-0.3, -0.25) is 4.79 Å². The Morgan fingerprint density at radius 3 is 2.41 bits per heavy atom. The topological polar surface area (TPSA) is 94.5 Å². The second-order valence-electron chi connectivity index (χ2n) is 11.4. The number of alkyl halides is 3. The van der Waals surface area contributed by atoms with Crippen molar-refractivity contribution in [1.29, 1.82) is 0 Å². The van der Waals surface area contributed by atoms with Gasteiger partial charge in [-0.2, -0.15) is 13.2 Å². The molecule has 7 nitrogen and oxygen atoms in total. The van der Waals surface area contributed by atoms with Gasteiger partial charge in [-0.25, -0.2) is 8.78 Å². The Labute approximate surface area is 249 Å². The highest BCUT2D eigenvalue weighted by atomic mass is 19.4. The maximum absolute atomic E-state index is 15.2. The van der Waals surface area contributed by atoms with Crippen LogP contribution in [0.1, 0.15) is 60.0 Å². The Morgan fingerprint density at radius 2 is 1.73 bits per heavy atom. The summed E-state index contributed by atoms with van der Waals surface area (Å²) in [5.41, 5.74) is -1.52. The monoisotopic (exact) mass is 620 g/mol. The van der Waals surface area contributed by atoms with Crippen LogP contribution in [0.3, 0.4) is 0 Å². The Hall–Kier alpha value is -3.90. The molecule has 6 rings (SSSR count). The highest BCUT2D eigenvalue weighted by molar-refractivity contribution is 5.75. The number of hydrogen-bond acceptors (Lipinski definition) is 6. The van der Waals surface area contributed by atoms with E-state index in [0.717, 1.165) is 23.8 Å². The molecule has 3 aromatic carbocycles. The van der Waals surface area contributed by atoms with Crippen molar-refractivity contribution in [1.82, 2.24) is 0 Å². The van der Waals surface area contributed by atoms with Gasteiger partial charge in [-0.05, 0) is 59.4 Å². The van der Waals surface area contributed by atoms with E-state index in [0.29, 0.717) is 23.5 Å². The molecule has 3 aromatic rings. The minimum atomic E-state index is -4.80. The molecule has 1 aliphatic carbocycles. The van der Waals surface area contributed by atoms with E-state index in [1.807, 2.05) is 0 Å². The molecule has 44 heavy (non-hydrogen) atoms. The molecule has 0 saturated carbocycles. The highest BCUT2D eigenvalue weighted by Gasteiger charge is 2.39. The van der Waals surface area contributed by atoms with E-state index in [1.165, 1.54) is 6.07 Å². The smallest absolute Gasteiger partial charge is 0.417 e. The number of aliphatic hydroxyl groups is 1. The minimum absolute atomic E-state index is 0.0839. The van der Waals surface area contributed by atoms with Crippen LogP contribution in [0.2, 0.25) is 0 Å². The van der Waals surface area contributed by atoms with E-state index in [1.54, 1.807) is 18.2 Å².